The predicted octanol–water partition coefficient (Wildman–Crippen LogP) is 2.66. The Morgan fingerprint density at radius 3 is 2.91 bits per heavy atom. The summed E-state index contributed by atoms with van der Waals surface area (Å²) in [6.45, 7) is 4.10. The van der Waals surface area contributed by atoms with Crippen LogP contribution in [0, 0.1) is 0 Å². The van der Waals surface area contributed by atoms with Gasteiger partial charge in [0.05, 0.1) is 19.3 Å². The molecule has 3 rings (SSSR count). The number of halogens is 1. The summed E-state index contributed by atoms with van der Waals surface area (Å²) < 4.78 is 12.2. The van der Waals surface area contributed by atoms with Gasteiger partial charge in [-0.2, -0.15) is 0 Å². The van der Waals surface area contributed by atoms with Crippen LogP contribution in [0.5, 0.6) is 5.75 Å². The van der Waals surface area contributed by atoms with Crippen LogP contribution >= 0.6 is 15.9 Å². The van der Waals surface area contributed by atoms with Crippen LogP contribution in [-0.4, -0.2) is 47.8 Å². The van der Waals surface area contributed by atoms with Gasteiger partial charge in [-0.25, -0.2) is 0 Å². The van der Waals surface area contributed by atoms with Crippen molar-refractivity contribution < 1.29 is 19.4 Å². The van der Waals surface area contributed by atoms with E-state index in [0.29, 0.717) is 19.6 Å². The topological polar surface area (TPSA) is 59.0 Å². The second kappa shape index (κ2) is 6.79. The number of hydrogen-bond donors (Lipinski definition) is 1. The Morgan fingerprint density at radius 1 is 1.48 bits per heavy atom. The van der Waals surface area contributed by atoms with Gasteiger partial charge in [-0.15, -0.1) is 0 Å². The Morgan fingerprint density at radius 2 is 2.22 bits per heavy atom. The molecule has 0 aromatic heterocycles. The third-order valence-electron chi connectivity index (χ3n) is 4.65. The fourth-order valence-electron chi connectivity index (χ4n) is 3.42. The van der Waals surface area contributed by atoms with E-state index in [-0.39, 0.29) is 11.6 Å². The maximum atomic E-state index is 11.6. The summed E-state index contributed by atoms with van der Waals surface area (Å²) in [5.41, 5.74) is 0.519. The van der Waals surface area contributed by atoms with E-state index in [1.54, 1.807) is 0 Å². The van der Waals surface area contributed by atoms with Gasteiger partial charge < -0.3 is 14.6 Å². The highest BCUT2D eigenvalue weighted by molar-refractivity contribution is 9.10. The zero-order valence-corrected chi connectivity index (χ0v) is 14.8. The summed E-state index contributed by atoms with van der Waals surface area (Å²) >= 11 is 3.45. The molecule has 1 saturated heterocycles. The zero-order chi connectivity index (χ0) is 16.4. The lowest BCUT2D eigenvalue weighted by Gasteiger charge is -2.45. The summed E-state index contributed by atoms with van der Waals surface area (Å²) in [5, 5.41) is 10.5. The lowest BCUT2D eigenvalue weighted by atomic mass is 9.81. The highest BCUT2D eigenvalue weighted by atomic mass is 79.9. The first-order valence-electron chi connectivity index (χ1n) is 8.06. The molecular weight excluding hydrogens is 362 g/mol. The summed E-state index contributed by atoms with van der Waals surface area (Å²) in [6.07, 6.45) is 1.71. The third kappa shape index (κ3) is 3.70. The number of likely N-dealkylation sites (tertiary alicyclic amines) is 1. The molecular formula is C17H22BrNO4. The van der Waals surface area contributed by atoms with Crippen molar-refractivity contribution in [2.24, 2.45) is 0 Å². The molecule has 1 spiro atoms. The minimum Gasteiger partial charge on any atom is -0.487 e. The largest absolute Gasteiger partial charge is 0.487 e. The number of hydrogen-bond acceptors (Lipinski definition) is 5. The van der Waals surface area contributed by atoms with Gasteiger partial charge in [-0.05, 0) is 31.9 Å². The number of esters is 1. The molecule has 0 amide bonds. The van der Waals surface area contributed by atoms with Gasteiger partial charge in [0.25, 0.3) is 0 Å². The molecule has 1 aromatic rings. The molecule has 1 N–H and O–H groups in total. The van der Waals surface area contributed by atoms with E-state index >= 15 is 0 Å². The van der Waals surface area contributed by atoms with Gasteiger partial charge in [0, 0.05) is 29.5 Å². The number of ether oxygens (including phenoxy) is 2. The molecule has 2 aliphatic heterocycles. The SMILES string of the molecule is CCOC(=O)CN1CCC2(CC1)CC(O)c1ccc(Br)cc1O2. The molecule has 1 unspecified atom stereocenters. The van der Waals surface area contributed by atoms with Gasteiger partial charge in [-0.1, -0.05) is 22.0 Å². The zero-order valence-electron chi connectivity index (χ0n) is 13.3. The van der Waals surface area contributed by atoms with Crippen molar-refractivity contribution in [2.75, 3.05) is 26.2 Å². The Hall–Kier alpha value is -1.11. The molecule has 0 radical (unpaired) electrons. The van der Waals surface area contributed by atoms with Gasteiger partial charge in [0.2, 0.25) is 0 Å². The average Bonchev–Trinajstić information content (AvgIpc) is 2.49. The lowest BCUT2D eigenvalue weighted by Crippen LogP contribution is -2.51. The van der Waals surface area contributed by atoms with Crippen LogP contribution in [0.3, 0.4) is 0 Å². The number of aliphatic hydroxyl groups is 1. The van der Waals surface area contributed by atoms with Crippen LogP contribution in [0.1, 0.15) is 37.9 Å². The van der Waals surface area contributed by atoms with E-state index in [1.807, 2.05) is 25.1 Å². The Labute approximate surface area is 144 Å². The molecule has 0 bridgehead atoms. The number of piperidine rings is 1. The van der Waals surface area contributed by atoms with Crippen molar-refractivity contribution in [1.82, 2.24) is 4.90 Å². The predicted molar refractivity (Wildman–Crippen MR) is 89.4 cm³/mol. The lowest BCUT2D eigenvalue weighted by molar-refractivity contribution is -0.145. The van der Waals surface area contributed by atoms with Crippen LogP contribution in [0.4, 0.5) is 0 Å². The number of carbonyl (C=O) groups is 1. The van der Waals surface area contributed by atoms with Gasteiger partial charge in [0.1, 0.15) is 11.4 Å². The summed E-state index contributed by atoms with van der Waals surface area (Å²) in [7, 11) is 0. The van der Waals surface area contributed by atoms with Crippen molar-refractivity contribution in [3.8, 4) is 5.75 Å². The fraction of sp³-hybridized carbons (Fsp3) is 0.588. The van der Waals surface area contributed by atoms with Crippen molar-refractivity contribution in [1.29, 1.82) is 0 Å². The number of fused-ring (bicyclic) bond motifs is 1. The number of aliphatic hydroxyl groups excluding tert-OH is 1. The number of carbonyl (C=O) groups excluding carboxylic acids is 1. The van der Waals surface area contributed by atoms with Crippen molar-refractivity contribution in [3.05, 3.63) is 28.2 Å². The molecule has 126 valence electrons. The average molecular weight is 384 g/mol. The minimum absolute atomic E-state index is 0.178. The summed E-state index contributed by atoms with van der Waals surface area (Å²) in [4.78, 5) is 13.7. The molecule has 1 fully saturated rings. The van der Waals surface area contributed by atoms with E-state index in [9.17, 15) is 9.90 Å². The molecule has 6 heteroatoms. The number of rotatable bonds is 3. The van der Waals surface area contributed by atoms with Gasteiger partial charge in [-0.3, -0.25) is 9.69 Å². The van der Waals surface area contributed by atoms with E-state index in [0.717, 1.165) is 41.7 Å². The molecule has 1 atom stereocenters. The standard InChI is InChI=1S/C17H22BrNO4/c1-2-22-16(21)11-19-7-5-17(6-8-19)10-14(20)13-4-3-12(18)9-15(13)23-17/h3-4,9,14,20H,2,5-8,10-11H2,1H3. The monoisotopic (exact) mass is 383 g/mol. The number of nitrogens with zero attached hydrogens (tertiary/aromatic N) is 1. The molecule has 0 saturated carbocycles. The molecule has 2 heterocycles. The second-order valence-corrected chi connectivity index (χ2v) is 7.18. The Balaban J connectivity index is 1.65. The van der Waals surface area contributed by atoms with E-state index < -0.39 is 6.10 Å². The first kappa shape index (κ1) is 16.7. The smallest absolute Gasteiger partial charge is 0.320 e. The number of benzene rings is 1. The first-order valence-corrected chi connectivity index (χ1v) is 8.85. The van der Waals surface area contributed by atoms with Crippen LogP contribution in [0.2, 0.25) is 0 Å². The minimum atomic E-state index is -0.497. The molecule has 2 aliphatic rings. The van der Waals surface area contributed by atoms with Gasteiger partial charge >= 0.3 is 5.97 Å². The van der Waals surface area contributed by atoms with Crippen LogP contribution in [0.25, 0.3) is 0 Å². The van der Waals surface area contributed by atoms with Gasteiger partial charge in [0.15, 0.2) is 0 Å². The Kier molecular flexibility index (Phi) is 4.94. The maximum absolute atomic E-state index is 11.6. The quantitative estimate of drug-likeness (QED) is 0.813. The summed E-state index contributed by atoms with van der Waals surface area (Å²) in [5.74, 6) is 0.583. The molecule has 1 aromatic carbocycles. The molecule has 5 nitrogen and oxygen atoms in total. The second-order valence-electron chi connectivity index (χ2n) is 6.27. The van der Waals surface area contributed by atoms with Crippen molar-refractivity contribution in [3.63, 3.8) is 0 Å². The van der Waals surface area contributed by atoms with E-state index in [1.165, 1.54) is 0 Å². The van der Waals surface area contributed by atoms with Crippen LogP contribution in [-0.2, 0) is 9.53 Å². The summed E-state index contributed by atoms with van der Waals surface area (Å²) in [6, 6.07) is 5.75. The van der Waals surface area contributed by atoms with Crippen LogP contribution < -0.4 is 4.74 Å². The van der Waals surface area contributed by atoms with Crippen molar-refractivity contribution in [2.45, 2.75) is 37.9 Å². The fourth-order valence-corrected chi connectivity index (χ4v) is 3.76. The van der Waals surface area contributed by atoms with E-state index in [4.69, 9.17) is 9.47 Å². The Bertz CT molecular complexity index is 584. The normalized spacial score (nSPS) is 23.2. The maximum Gasteiger partial charge on any atom is 0.320 e. The van der Waals surface area contributed by atoms with Crippen LogP contribution in [0.15, 0.2) is 22.7 Å². The highest BCUT2D eigenvalue weighted by Crippen LogP contribution is 2.44. The molecule has 23 heavy (non-hydrogen) atoms. The highest BCUT2D eigenvalue weighted by Gasteiger charge is 2.43. The van der Waals surface area contributed by atoms with E-state index in [2.05, 4.69) is 20.8 Å². The molecule has 0 aliphatic carbocycles. The first-order chi connectivity index (χ1) is 11.0. The van der Waals surface area contributed by atoms with Crippen molar-refractivity contribution >= 4 is 21.9 Å². The third-order valence-corrected chi connectivity index (χ3v) is 5.15.